The van der Waals surface area contributed by atoms with Gasteiger partial charge in [0.1, 0.15) is 0 Å². The van der Waals surface area contributed by atoms with Crippen molar-refractivity contribution in [3.05, 3.63) is 65.7 Å². The highest BCUT2D eigenvalue weighted by atomic mass is 16.2. The Morgan fingerprint density at radius 2 is 1.89 bits per heavy atom. The number of hydrogen-bond donors (Lipinski definition) is 2. The number of carbonyl (C=O) groups excluding carboxylic acids is 2. The molecule has 27 heavy (non-hydrogen) atoms. The van der Waals surface area contributed by atoms with Gasteiger partial charge in [-0.15, -0.1) is 0 Å². The van der Waals surface area contributed by atoms with E-state index in [9.17, 15) is 9.59 Å². The number of hydrogen-bond acceptors (Lipinski definition) is 4. The predicted octanol–water partition coefficient (Wildman–Crippen LogP) is 2.84. The maximum absolute atomic E-state index is 12.7. The van der Waals surface area contributed by atoms with Crippen LogP contribution in [-0.2, 0) is 0 Å². The molecule has 2 N–H and O–H groups in total. The van der Waals surface area contributed by atoms with Crippen LogP contribution in [0.5, 0.6) is 0 Å². The third-order valence-corrected chi connectivity index (χ3v) is 3.91. The average molecular weight is 361 g/mol. The third-order valence-electron chi connectivity index (χ3n) is 3.91. The standard InChI is InChI=1S/C20H19N5O2/c1-13(2)12-22-19(26)17-16-5-3-4-10-25(16)18(24-17)20(27)23-15-8-6-14(11-21)7-9-15/h3-10,13H,12H2,1-2H3,(H,22,26)(H,23,27). The van der Waals surface area contributed by atoms with Crippen molar-refractivity contribution >= 4 is 23.0 Å². The highest BCUT2D eigenvalue weighted by molar-refractivity contribution is 6.06. The van der Waals surface area contributed by atoms with E-state index >= 15 is 0 Å². The summed E-state index contributed by atoms with van der Waals surface area (Å²) in [6.07, 6.45) is 1.69. The fourth-order valence-corrected chi connectivity index (χ4v) is 2.56. The minimum atomic E-state index is -0.441. The van der Waals surface area contributed by atoms with Gasteiger partial charge in [-0.2, -0.15) is 5.26 Å². The van der Waals surface area contributed by atoms with Gasteiger partial charge >= 0.3 is 0 Å². The summed E-state index contributed by atoms with van der Waals surface area (Å²) in [6, 6.07) is 13.8. The molecule has 0 bridgehead atoms. The van der Waals surface area contributed by atoms with Crippen molar-refractivity contribution < 1.29 is 9.59 Å². The van der Waals surface area contributed by atoms with Gasteiger partial charge in [0.25, 0.3) is 11.8 Å². The van der Waals surface area contributed by atoms with Crippen molar-refractivity contribution in [2.75, 3.05) is 11.9 Å². The molecule has 136 valence electrons. The number of nitriles is 1. The van der Waals surface area contributed by atoms with E-state index < -0.39 is 5.91 Å². The molecule has 7 heteroatoms. The number of fused-ring (bicyclic) bond motifs is 1. The fourth-order valence-electron chi connectivity index (χ4n) is 2.56. The van der Waals surface area contributed by atoms with Gasteiger partial charge in [-0.25, -0.2) is 4.98 Å². The van der Waals surface area contributed by atoms with Gasteiger partial charge in [0.15, 0.2) is 5.69 Å². The van der Waals surface area contributed by atoms with Crippen LogP contribution in [0.2, 0.25) is 0 Å². The molecule has 2 amide bonds. The lowest BCUT2D eigenvalue weighted by molar-refractivity contribution is 0.0946. The summed E-state index contributed by atoms with van der Waals surface area (Å²) in [6.45, 7) is 4.53. The third kappa shape index (κ3) is 3.96. The van der Waals surface area contributed by atoms with Gasteiger partial charge in [-0.3, -0.25) is 14.0 Å². The van der Waals surface area contributed by atoms with E-state index in [4.69, 9.17) is 5.26 Å². The average Bonchev–Trinajstić information content (AvgIpc) is 3.06. The Balaban J connectivity index is 1.90. The summed E-state index contributed by atoms with van der Waals surface area (Å²) in [5, 5.41) is 14.4. The van der Waals surface area contributed by atoms with Crippen LogP contribution in [0.25, 0.3) is 5.52 Å². The predicted molar refractivity (Wildman–Crippen MR) is 101 cm³/mol. The van der Waals surface area contributed by atoms with Crippen LogP contribution >= 0.6 is 0 Å². The number of nitrogens with one attached hydrogen (secondary N) is 2. The van der Waals surface area contributed by atoms with Crippen molar-refractivity contribution in [3.8, 4) is 6.07 Å². The number of rotatable bonds is 5. The van der Waals surface area contributed by atoms with Crippen LogP contribution in [0.15, 0.2) is 48.7 Å². The monoisotopic (exact) mass is 361 g/mol. The normalized spacial score (nSPS) is 10.6. The number of pyridine rings is 1. The quantitative estimate of drug-likeness (QED) is 0.730. The summed E-state index contributed by atoms with van der Waals surface area (Å²) >= 11 is 0. The molecular weight excluding hydrogens is 342 g/mol. The summed E-state index contributed by atoms with van der Waals surface area (Å²) in [5.41, 5.74) is 1.81. The molecule has 2 aromatic heterocycles. The number of nitrogens with zero attached hydrogens (tertiary/aromatic N) is 3. The van der Waals surface area contributed by atoms with Gasteiger partial charge < -0.3 is 10.6 Å². The second-order valence-corrected chi connectivity index (χ2v) is 6.49. The zero-order valence-corrected chi connectivity index (χ0v) is 15.1. The molecule has 0 atom stereocenters. The Bertz CT molecular complexity index is 1030. The fraction of sp³-hybridized carbons (Fsp3) is 0.200. The molecule has 0 fully saturated rings. The van der Waals surface area contributed by atoms with E-state index in [1.807, 2.05) is 19.9 Å². The van der Waals surface area contributed by atoms with E-state index in [1.54, 1.807) is 53.1 Å². The van der Waals surface area contributed by atoms with E-state index in [0.717, 1.165) is 0 Å². The Hall–Kier alpha value is -3.66. The minimum absolute atomic E-state index is 0.115. The molecule has 1 aromatic carbocycles. The van der Waals surface area contributed by atoms with Crippen LogP contribution in [0.1, 0.15) is 40.5 Å². The molecule has 0 spiro atoms. The van der Waals surface area contributed by atoms with Crippen LogP contribution in [0.4, 0.5) is 5.69 Å². The summed E-state index contributed by atoms with van der Waals surface area (Å²) in [5.74, 6) is -0.333. The van der Waals surface area contributed by atoms with Gasteiger partial charge in [-0.05, 0) is 42.3 Å². The zero-order valence-electron chi connectivity index (χ0n) is 15.1. The van der Waals surface area contributed by atoms with Gasteiger partial charge in [0.05, 0.1) is 17.1 Å². The van der Waals surface area contributed by atoms with Crippen LogP contribution in [0.3, 0.4) is 0 Å². The number of anilines is 1. The number of imidazole rings is 1. The smallest absolute Gasteiger partial charge is 0.292 e. The zero-order chi connectivity index (χ0) is 19.4. The van der Waals surface area contributed by atoms with Gasteiger partial charge in [0, 0.05) is 18.4 Å². The van der Waals surface area contributed by atoms with Crippen molar-refractivity contribution in [2.24, 2.45) is 5.92 Å². The van der Waals surface area contributed by atoms with Crippen LogP contribution < -0.4 is 10.6 Å². The maximum Gasteiger partial charge on any atom is 0.292 e. The van der Waals surface area contributed by atoms with Crippen molar-refractivity contribution in [1.82, 2.24) is 14.7 Å². The summed E-state index contributed by atoms with van der Waals surface area (Å²) < 4.78 is 1.59. The van der Waals surface area contributed by atoms with E-state index in [1.165, 1.54) is 0 Å². The summed E-state index contributed by atoms with van der Waals surface area (Å²) in [7, 11) is 0. The molecule has 0 aliphatic rings. The van der Waals surface area contributed by atoms with Crippen LogP contribution in [0, 0.1) is 17.2 Å². The second kappa shape index (κ2) is 7.70. The molecule has 2 heterocycles. The SMILES string of the molecule is CC(C)CNC(=O)c1nc(C(=O)Nc2ccc(C#N)cc2)n2ccccc12. The molecule has 3 aromatic rings. The van der Waals surface area contributed by atoms with Crippen LogP contribution in [-0.4, -0.2) is 27.7 Å². The van der Waals surface area contributed by atoms with E-state index in [0.29, 0.717) is 29.2 Å². The Morgan fingerprint density at radius 1 is 1.15 bits per heavy atom. The van der Waals surface area contributed by atoms with E-state index in [2.05, 4.69) is 15.6 Å². The first-order valence-corrected chi connectivity index (χ1v) is 8.56. The lowest BCUT2D eigenvalue weighted by atomic mass is 10.2. The Labute approximate surface area is 156 Å². The van der Waals surface area contributed by atoms with Gasteiger partial charge in [0.2, 0.25) is 5.82 Å². The van der Waals surface area contributed by atoms with Crippen molar-refractivity contribution in [2.45, 2.75) is 13.8 Å². The first-order chi connectivity index (χ1) is 13.0. The lowest BCUT2D eigenvalue weighted by Crippen LogP contribution is -2.27. The highest BCUT2D eigenvalue weighted by Crippen LogP contribution is 2.16. The minimum Gasteiger partial charge on any atom is -0.350 e. The number of amides is 2. The van der Waals surface area contributed by atoms with E-state index in [-0.39, 0.29) is 17.4 Å². The Morgan fingerprint density at radius 3 is 2.56 bits per heavy atom. The lowest BCUT2D eigenvalue weighted by Gasteiger charge is -2.05. The molecule has 3 rings (SSSR count). The molecule has 0 aliphatic heterocycles. The summed E-state index contributed by atoms with van der Waals surface area (Å²) in [4.78, 5) is 29.5. The largest absolute Gasteiger partial charge is 0.350 e. The van der Waals surface area contributed by atoms with Gasteiger partial charge in [-0.1, -0.05) is 19.9 Å². The molecule has 7 nitrogen and oxygen atoms in total. The number of aromatic nitrogens is 2. The second-order valence-electron chi connectivity index (χ2n) is 6.49. The first kappa shape index (κ1) is 18.1. The topological polar surface area (TPSA) is 99.3 Å². The number of benzene rings is 1. The molecular formula is C20H19N5O2. The number of carbonyl (C=O) groups is 2. The maximum atomic E-state index is 12.7. The van der Waals surface area contributed by atoms with Crippen molar-refractivity contribution in [3.63, 3.8) is 0 Å². The molecule has 0 saturated carbocycles. The van der Waals surface area contributed by atoms with Crippen molar-refractivity contribution in [1.29, 1.82) is 5.26 Å². The Kier molecular flexibility index (Phi) is 5.18. The molecule has 0 saturated heterocycles. The molecule has 0 aliphatic carbocycles. The molecule has 0 unspecified atom stereocenters. The first-order valence-electron chi connectivity index (χ1n) is 8.56. The molecule has 0 radical (unpaired) electrons. The highest BCUT2D eigenvalue weighted by Gasteiger charge is 2.21.